The lowest BCUT2D eigenvalue weighted by Crippen LogP contribution is -2.45. The van der Waals surface area contributed by atoms with E-state index in [1.807, 2.05) is 24.3 Å². The second-order valence-corrected chi connectivity index (χ2v) is 6.23. The average Bonchev–Trinajstić information content (AvgIpc) is 2.54. The minimum absolute atomic E-state index is 0.112. The zero-order valence-corrected chi connectivity index (χ0v) is 13.6. The van der Waals surface area contributed by atoms with Crippen LogP contribution in [0.5, 0.6) is 5.75 Å². The molecule has 1 aromatic carbocycles. The lowest BCUT2D eigenvalue weighted by Gasteiger charge is -2.31. The van der Waals surface area contributed by atoms with Crippen molar-refractivity contribution in [2.24, 2.45) is 0 Å². The molecule has 1 aromatic rings. The number of carbonyl (C=O) groups is 1. The summed E-state index contributed by atoms with van der Waals surface area (Å²) in [5.74, 6) is 1.38. The van der Waals surface area contributed by atoms with Crippen LogP contribution in [0.3, 0.4) is 0 Å². The van der Waals surface area contributed by atoms with Gasteiger partial charge in [-0.25, -0.2) is 0 Å². The lowest BCUT2D eigenvalue weighted by atomic mass is 10.1. The van der Waals surface area contributed by atoms with E-state index in [9.17, 15) is 4.79 Å². The summed E-state index contributed by atoms with van der Waals surface area (Å²) in [6, 6.07) is 8.13. The van der Waals surface area contributed by atoms with E-state index in [4.69, 9.17) is 4.74 Å². The fourth-order valence-electron chi connectivity index (χ4n) is 2.54. The smallest absolute Gasteiger partial charge is 0.230 e. The SMILES string of the molecule is CCN1CCC(NC(=O)CSc2ccccc2OC)CC1. The van der Waals surface area contributed by atoms with Crippen LogP contribution < -0.4 is 10.1 Å². The Morgan fingerprint density at radius 1 is 1.38 bits per heavy atom. The van der Waals surface area contributed by atoms with Gasteiger partial charge in [0.2, 0.25) is 5.91 Å². The zero-order chi connectivity index (χ0) is 15.1. The number of piperidine rings is 1. The van der Waals surface area contributed by atoms with E-state index in [0.29, 0.717) is 11.8 Å². The molecule has 0 bridgehead atoms. The van der Waals surface area contributed by atoms with Crippen molar-refractivity contribution in [3.63, 3.8) is 0 Å². The van der Waals surface area contributed by atoms with Crippen LogP contribution in [-0.4, -0.2) is 49.3 Å². The van der Waals surface area contributed by atoms with Crippen LogP contribution in [0, 0.1) is 0 Å². The maximum absolute atomic E-state index is 12.0. The monoisotopic (exact) mass is 308 g/mol. The Morgan fingerprint density at radius 3 is 2.76 bits per heavy atom. The highest BCUT2D eigenvalue weighted by Gasteiger charge is 2.19. The molecule has 4 nitrogen and oxygen atoms in total. The van der Waals surface area contributed by atoms with E-state index in [1.54, 1.807) is 7.11 Å². The molecule has 1 N–H and O–H groups in total. The van der Waals surface area contributed by atoms with Crippen molar-refractivity contribution in [3.05, 3.63) is 24.3 Å². The first-order valence-electron chi connectivity index (χ1n) is 7.50. The van der Waals surface area contributed by atoms with E-state index < -0.39 is 0 Å². The van der Waals surface area contributed by atoms with Gasteiger partial charge in [-0.3, -0.25) is 4.79 Å². The Morgan fingerprint density at radius 2 is 2.10 bits per heavy atom. The number of rotatable bonds is 6. The average molecular weight is 308 g/mol. The molecular formula is C16H24N2O2S. The predicted molar refractivity (Wildman–Crippen MR) is 87.0 cm³/mol. The van der Waals surface area contributed by atoms with Gasteiger partial charge < -0.3 is 15.0 Å². The van der Waals surface area contributed by atoms with Gasteiger partial charge in [-0.05, 0) is 31.5 Å². The van der Waals surface area contributed by atoms with Gasteiger partial charge in [-0.15, -0.1) is 11.8 Å². The van der Waals surface area contributed by atoms with Gasteiger partial charge in [0.05, 0.1) is 12.9 Å². The first-order valence-corrected chi connectivity index (χ1v) is 8.49. The van der Waals surface area contributed by atoms with Crippen molar-refractivity contribution in [1.29, 1.82) is 0 Å². The molecule has 0 unspecified atom stereocenters. The third-order valence-electron chi connectivity index (χ3n) is 3.83. The summed E-state index contributed by atoms with van der Waals surface area (Å²) in [5, 5.41) is 3.14. The molecule has 1 aliphatic heterocycles. The van der Waals surface area contributed by atoms with Crippen LogP contribution in [0.15, 0.2) is 29.2 Å². The highest BCUT2D eigenvalue weighted by Crippen LogP contribution is 2.28. The molecule has 1 amide bonds. The predicted octanol–water partition coefficient (Wildman–Crippen LogP) is 2.39. The zero-order valence-electron chi connectivity index (χ0n) is 12.8. The molecule has 116 valence electrons. The number of thioether (sulfide) groups is 1. The number of nitrogens with zero attached hydrogens (tertiary/aromatic N) is 1. The molecule has 0 saturated carbocycles. The van der Waals surface area contributed by atoms with Crippen molar-refractivity contribution in [2.45, 2.75) is 30.7 Å². The third-order valence-corrected chi connectivity index (χ3v) is 4.88. The molecule has 1 heterocycles. The summed E-state index contributed by atoms with van der Waals surface area (Å²) in [5.41, 5.74) is 0. The summed E-state index contributed by atoms with van der Waals surface area (Å²) in [7, 11) is 1.65. The number of benzene rings is 1. The van der Waals surface area contributed by atoms with Gasteiger partial charge in [-0.1, -0.05) is 19.1 Å². The molecule has 0 radical (unpaired) electrons. The number of carbonyl (C=O) groups excluding carboxylic acids is 1. The van der Waals surface area contributed by atoms with Gasteiger partial charge in [0, 0.05) is 24.0 Å². The molecule has 0 aliphatic carbocycles. The standard InChI is InChI=1S/C16H24N2O2S/c1-3-18-10-8-13(9-11-18)17-16(19)12-21-15-7-5-4-6-14(15)20-2/h4-7,13H,3,8-12H2,1-2H3,(H,17,19). The van der Waals surface area contributed by atoms with Crippen LogP contribution in [0.4, 0.5) is 0 Å². The van der Waals surface area contributed by atoms with Crippen LogP contribution in [0.2, 0.25) is 0 Å². The minimum Gasteiger partial charge on any atom is -0.496 e. The molecule has 1 saturated heterocycles. The fraction of sp³-hybridized carbons (Fsp3) is 0.562. The molecule has 0 aromatic heterocycles. The maximum Gasteiger partial charge on any atom is 0.230 e. The molecule has 1 fully saturated rings. The molecule has 5 heteroatoms. The normalized spacial score (nSPS) is 16.7. The number of methoxy groups -OCH3 is 1. The number of nitrogens with one attached hydrogen (secondary N) is 1. The Bertz CT molecular complexity index is 459. The lowest BCUT2D eigenvalue weighted by molar-refractivity contribution is -0.119. The van der Waals surface area contributed by atoms with Crippen LogP contribution in [-0.2, 0) is 4.79 Å². The van der Waals surface area contributed by atoms with Gasteiger partial charge in [0.15, 0.2) is 0 Å². The highest BCUT2D eigenvalue weighted by molar-refractivity contribution is 8.00. The van der Waals surface area contributed by atoms with Crippen molar-refractivity contribution >= 4 is 17.7 Å². The fourth-order valence-corrected chi connectivity index (χ4v) is 3.38. The van der Waals surface area contributed by atoms with E-state index in [-0.39, 0.29) is 5.91 Å². The van der Waals surface area contributed by atoms with E-state index in [2.05, 4.69) is 17.1 Å². The molecule has 0 spiro atoms. The quantitative estimate of drug-likeness (QED) is 0.819. The maximum atomic E-state index is 12.0. The van der Waals surface area contributed by atoms with Crippen LogP contribution in [0.25, 0.3) is 0 Å². The highest BCUT2D eigenvalue weighted by atomic mass is 32.2. The van der Waals surface area contributed by atoms with Crippen molar-refractivity contribution in [2.75, 3.05) is 32.5 Å². The Hall–Kier alpha value is -1.20. The topological polar surface area (TPSA) is 41.6 Å². The Labute approximate surface area is 131 Å². The largest absolute Gasteiger partial charge is 0.496 e. The number of para-hydroxylation sites is 1. The minimum atomic E-state index is 0.112. The van der Waals surface area contributed by atoms with Gasteiger partial charge >= 0.3 is 0 Å². The van der Waals surface area contributed by atoms with Crippen LogP contribution >= 0.6 is 11.8 Å². The summed E-state index contributed by atoms with van der Waals surface area (Å²) in [6.07, 6.45) is 2.11. The van der Waals surface area contributed by atoms with Gasteiger partial charge in [0.1, 0.15) is 5.75 Å². The summed E-state index contributed by atoms with van der Waals surface area (Å²) < 4.78 is 5.29. The number of likely N-dealkylation sites (tertiary alicyclic amines) is 1. The number of amides is 1. The first-order chi connectivity index (χ1) is 10.2. The van der Waals surface area contributed by atoms with Crippen molar-refractivity contribution in [3.8, 4) is 5.75 Å². The molecule has 0 atom stereocenters. The molecule has 2 rings (SSSR count). The van der Waals surface area contributed by atoms with Gasteiger partial charge in [-0.2, -0.15) is 0 Å². The van der Waals surface area contributed by atoms with E-state index >= 15 is 0 Å². The Balaban J connectivity index is 1.75. The molecule has 1 aliphatic rings. The van der Waals surface area contributed by atoms with E-state index in [1.165, 1.54) is 11.8 Å². The second-order valence-electron chi connectivity index (χ2n) is 5.22. The molecule has 21 heavy (non-hydrogen) atoms. The summed E-state index contributed by atoms with van der Waals surface area (Å²) >= 11 is 1.53. The molecular weight excluding hydrogens is 284 g/mol. The number of ether oxygens (including phenoxy) is 1. The van der Waals surface area contributed by atoms with Gasteiger partial charge in [0.25, 0.3) is 0 Å². The summed E-state index contributed by atoms with van der Waals surface area (Å²) in [4.78, 5) is 15.5. The van der Waals surface area contributed by atoms with Crippen LogP contribution in [0.1, 0.15) is 19.8 Å². The first kappa shape index (κ1) is 16.2. The summed E-state index contributed by atoms with van der Waals surface area (Å²) in [6.45, 7) is 5.45. The van der Waals surface area contributed by atoms with Crippen molar-refractivity contribution in [1.82, 2.24) is 10.2 Å². The second kappa shape index (κ2) is 8.29. The van der Waals surface area contributed by atoms with Crippen molar-refractivity contribution < 1.29 is 9.53 Å². The Kier molecular flexibility index (Phi) is 6.39. The number of hydrogen-bond donors (Lipinski definition) is 1. The third kappa shape index (κ3) is 4.93. The number of hydrogen-bond acceptors (Lipinski definition) is 4. The van der Waals surface area contributed by atoms with E-state index in [0.717, 1.165) is 43.1 Å².